The Bertz CT molecular complexity index is 685. The van der Waals surface area contributed by atoms with Crippen molar-refractivity contribution in [2.45, 2.75) is 39.0 Å². The molecule has 3 heterocycles. The number of ether oxygens (including phenoxy) is 1. The highest BCUT2D eigenvalue weighted by atomic mass is 32.1. The second-order valence-corrected chi connectivity index (χ2v) is 8.14. The average Bonchev–Trinajstić information content (AvgIpc) is 3.16. The first kappa shape index (κ1) is 15.2. The first-order chi connectivity index (χ1) is 11.1. The fourth-order valence-corrected chi connectivity index (χ4v) is 5.32. The van der Waals surface area contributed by atoms with E-state index in [2.05, 4.69) is 36.2 Å². The molecule has 0 bridgehead atoms. The van der Waals surface area contributed by atoms with E-state index in [0.717, 1.165) is 29.5 Å². The molecule has 0 N–H and O–H groups in total. The fourth-order valence-electron chi connectivity index (χ4n) is 4.53. The zero-order chi connectivity index (χ0) is 16.0. The summed E-state index contributed by atoms with van der Waals surface area (Å²) >= 11 is 1.68. The van der Waals surface area contributed by atoms with Gasteiger partial charge in [0.2, 0.25) is 0 Å². The second-order valence-electron chi connectivity index (χ2n) is 7.28. The Morgan fingerprint density at radius 2 is 2.26 bits per heavy atom. The minimum atomic E-state index is 0.232. The molecule has 0 spiro atoms. The van der Waals surface area contributed by atoms with Crippen LogP contribution in [0.15, 0.2) is 29.8 Å². The standard InChI is InChI=1S/C18H23N3OS/c1-18(2)15(13-7-9-22-16(13)18)21(3)10-12-11-23-17(20-12)14-6-4-5-8-19-14/h4-6,8,11,13,15-16H,7,9-10H2,1-3H3/t13-,15-,16-/m1/s1. The lowest BCUT2D eigenvalue weighted by molar-refractivity contribution is -0.151. The molecule has 4 rings (SSSR count). The third kappa shape index (κ3) is 2.51. The van der Waals surface area contributed by atoms with Crippen LogP contribution in [0.1, 0.15) is 26.0 Å². The largest absolute Gasteiger partial charge is 0.377 e. The van der Waals surface area contributed by atoms with E-state index in [4.69, 9.17) is 9.72 Å². The highest BCUT2D eigenvalue weighted by Gasteiger charge is 2.60. The molecule has 2 aromatic rings. The number of thiazole rings is 1. The van der Waals surface area contributed by atoms with E-state index >= 15 is 0 Å². The van der Waals surface area contributed by atoms with Crippen molar-refractivity contribution in [3.05, 3.63) is 35.5 Å². The van der Waals surface area contributed by atoms with E-state index in [1.807, 2.05) is 24.4 Å². The van der Waals surface area contributed by atoms with Gasteiger partial charge in [-0.1, -0.05) is 19.9 Å². The molecule has 1 aliphatic heterocycles. The van der Waals surface area contributed by atoms with Crippen LogP contribution in [0.25, 0.3) is 10.7 Å². The van der Waals surface area contributed by atoms with Crippen molar-refractivity contribution in [1.29, 1.82) is 0 Å². The Morgan fingerprint density at radius 3 is 3.04 bits per heavy atom. The summed E-state index contributed by atoms with van der Waals surface area (Å²) in [5.41, 5.74) is 2.33. The van der Waals surface area contributed by atoms with Gasteiger partial charge in [0.05, 0.1) is 17.5 Å². The summed E-state index contributed by atoms with van der Waals surface area (Å²) in [6, 6.07) is 6.54. The minimum Gasteiger partial charge on any atom is -0.377 e. The summed E-state index contributed by atoms with van der Waals surface area (Å²) in [4.78, 5) is 11.6. The predicted octanol–water partition coefficient (Wildman–Crippen LogP) is 3.45. The first-order valence-corrected chi connectivity index (χ1v) is 9.13. The Labute approximate surface area is 141 Å². The van der Waals surface area contributed by atoms with Gasteiger partial charge in [0.25, 0.3) is 0 Å². The number of aromatic nitrogens is 2. The predicted molar refractivity (Wildman–Crippen MR) is 92.2 cm³/mol. The lowest BCUT2D eigenvalue weighted by atomic mass is 9.57. The van der Waals surface area contributed by atoms with Gasteiger partial charge in [-0.3, -0.25) is 9.88 Å². The van der Waals surface area contributed by atoms with Crippen molar-refractivity contribution in [3.63, 3.8) is 0 Å². The molecule has 2 aliphatic rings. The number of hydrogen-bond acceptors (Lipinski definition) is 5. The van der Waals surface area contributed by atoms with Gasteiger partial charge in [-0.05, 0) is 25.6 Å². The van der Waals surface area contributed by atoms with Gasteiger partial charge in [-0.15, -0.1) is 11.3 Å². The van der Waals surface area contributed by atoms with E-state index in [-0.39, 0.29) is 5.41 Å². The number of pyridine rings is 1. The first-order valence-electron chi connectivity index (χ1n) is 8.25. The molecule has 4 nitrogen and oxygen atoms in total. The Kier molecular flexibility index (Phi) is 3.75. The summed E-state index contributed by atoms with van der Waals surface area (Å²) in [7, 11) is 2.22. The maximum atomic E-state index is 5.91. The Morgan fingerprint density at radius 1 is 1.39 bits per heavy atom. The maximum Gasteiger partial charge on any atom is 0.142 e. The Hall–Kier alpha value is -1.30. The van der Waals surface area contributed by atoms with Crippen LogP contribution in [0.5, 0.6) is 0 Å². The molecule has 0 aromatic carbocycles. The van der Waals surface area contributed by atoms with E-state index < -0.39 is 0 Å². The van der Waals surface area contributed by atoms with Crippen LogP contribution in [-0.2, 0) is 11.3 Å². The van der Waals surface area contributed by atoms with Gasteiger partial charge in [-0.2, -0.15) is 0 Å². The van der Waals surface area contributed by atoms with Gasteiger partial charge in [0.1, 0.15) is 5.01 Å². The molecule has 3 atom stereocenters. The number of fused-ring (bicyclic) bond motifs is 1. The van der Waals surface area contributed by atoms with Crippen molar-refractivity contribution in [3.8, 4) is 10.7 Å². The molecule has 5 heteroatoms. The van der Waals surface area contributed by atoms with E-state index in [9.17, 15) is 0 Å². The lowest BCUT2D eigenvalue weighted by Crippen LogP contribution is -2.65. The third-order valence-corrected chi connectivity index (χ3v) is 6.27. The minimum absolute atomic E-state index is 0.232. The molecule has 0 amide bonds. The van der Waals surface area contributed by atoms with Gasteiger partial charge in [-0.25, -0.2) is 4.98 Å². The van der Waals surface area contributed by atoms with E-state index in [1.54, 1.807) is 11.3 Å². The number of rotatable bonds is 4. The van der Waals surface area contributed by atoms with Crippen LogP contribution in [0.2, 0.25) is 0 Å². The topological polar surface area (TPSA) is 38.2 Å². The maximum absolute atomic E-state index is 5.91. The summed E-state index contributed by atoms with van der Waals surface area (Å²) in [5.74, 6) is 0.684. The smallest absolute Gasteiger partial charge is 0.142 e. The van der Waals surface area contributed by atoms with Crippen LogP contribution in [0, 0.1) is 11.3 Å². The third-order valence-electron chi connectivity index (χ3n) is 5.36. The van der Waals surface area contributed by atoms with Gasteiger partial charge in [0, 0.05) is 42.1 Å². The van der Waals surface area contributed by atoms with Crippen molar-refractivity contribution in [2.75, 3.05) is 13.7 Å². The molecule has 23 heavy (non-hydrogen) atoms. The molecule has 122 valence electrons. The second kappa shape index (κ2) is 5.65. The van der Waals surface area contributed by atoms with E-state index in [0.29, 0.717) is 18.1 Å². The Balaban J connectivity index is 1.47. The van der Waals surface area contributed by atoms with Crippen LogP contribution < -0.4 is 0 Å². The molecular formula is C18H23N3OS. The van der Waals surface area contributed by atoms with Gasteiger partial charge >= 0.3 is 0 Å². The van der Waals surface area contributed by atoms with Crippen molar-refractivity contribution >= 4 is 11.3 Å². The molecule has 0 unspecified atom stereocenters. The summed E-state index contributed by atoms with van der Waals surface area (Å²) in [6.45, 7) is 6.48. The van der Waals surface area contributed by atoms with Crippen LogP contribution >= 0.6 is 11.3 Å². The van der Waals surface area contributed by atoms with Crippen LogP contribution in [-0.4, -0.2) is 40.7 Å². The lowest BCUT2D eigenvalue weighted by Gasteiger charge is -2.57. The summed E-state index contributed by atoms with van der Waals surface area (Å²) < 4.78 is 5.91. The highest BCUT2D eigenvalue weighted by molar-refractivity contribution is 7.13. The van der Waals surface area contributed by atoms with E-state index in [1.165, 1.54) is 6.42 Å². The molecule has 2 aromatic heterocycles. The number of hydrogen-bond donors (Lipinski definition) is 0. The normalized spacial score (nSPS) is 28.6. The molecule has 2 fully saturated rings. The van der Waals surface area contributed by atoms with Crippen molar-refractivity contribution in [1.82, 2.24) is 14.9 Å². The molecule has 0 radical (unpaired) electrons. The molecule has 1 saturated carbocycles. The quantitative estimate of drug-likeness (QED) is 0.861. The van der Waals surface area contributed by atoms with Gasteiger partial charge < -0.3 is 4.74 Å². The fraction of sp³-hybridized carbons (Fsp3) is 0.556. The average molecular weight is 329 g/mol. The summed E-state index contributed by atoms with van der Waals surface area (Å²) in [5, 5.41) is 3.17. The molecule has 1 saturated heterocycles. The van der Waals surface area contributed by atoms with Crippen LogP contribution in [0.4, 0.5) is 0 Å². The zero-order valence-electron chi connectivity index (χ0n) is 13.9. The van der Waals surface area contributed by atoms with Crippen LogP contribution in [0.3, 0.4) is 0 Å². The van der Waals surface area contributed by atoms with Crippen molar-refractivity contribution in [2.24, 2.45) is 11.3 Å². The van der Waals surface area contributed by atoms with Gasteiger partial charge in [0.15, 0.2) is 0 Å². The monoisotopic (exact) mass is 329 g/mol. The highest BCUT2D eigenvalue weighted by Crippen LogP contribution is 2.54. The van der Waals surface area contributed by atoms with Crippen molar-refractivity contribution < 1.29 is 4.74 Å². The SMILES string of the molecule is CN(Cc1csc(-c2ccccn2)n1)[C@@H]1[C@H]2CCO[C@H]2C1(C)C. The molecular weight excluding hydrogens is 306 g/mol. The molecule has 1 aliphatic carbocycles. The summed E-state index contributed by atoms with van der Waals surface area (Å²) in [6.07, 6.45) is 3.45. The zero-order valence-corrected chi connectivity index (χ0v) is 14.7. The number of nitrogens with zero attached hydrogens (tertiary/aromatic N) is 3.